The van der Waals surface area contributed by atoms with Gasteiger partial charge in [-0.1, -0.05) is 41.5 Å². The maximum Gasteiger partial charge on any atom is 0.220 e. The Balaban J connectivity index is 4.39. The maximum atomic E-state index is 11.9. The van der Waals surface area contributed by atoms with E-state index in [9.17, 15) is 4.79 Å². The van der Waals surface area contributed by atoms with Crippen molar-refractivity contribution >= 4 is 17.7 Å². The zero-order chi connectivity index (χ0) is 14.4. The van der Waals surface area contributed by atoms with Crippen molar-refractivity contribution in [3.63, 3.8) is 0 Å². The molecule has 0 bridgehead atoms. The van der Waals surface area contributed by atoms with Crippen molar-refractivity contribution in [2.75, 3.05) is 20.3 Å². The van der Waals surface area contributed by atoms with E-state index in [0.717, 1.165) is 0 Å². The van der Waals surface area contributed by atoms with E-state index in [0.29, 0.717) is 24.8 Å². The van der Waals surface area contributed by atoms with Gasteiger partial charge in [-0.25, -0.2) is 0 Å². The minimum absolute atomic E-state index is 0.0426. The van der Waals surface area contributed by atoms with Gasteiger partial charge in [0.05, 0.1) is 6.61 Å². The minimum atomic E-state index is -0.0426. The minimum Gasteiger partial charge on any atom is -0.383 e. The van der Waals surface area contributed by atoms with Gasteiger partial charge in [0.15, 0.2) is 0 Å². The summed E-state index contributed by atoms with van der Waals surface area (Å²) in [6.07, 6.45) is 0.545. The van der Waals surface area contributed by atoms with Gasteiger partial charge in [-0.15, -0.1) is 0 Å². The van der Waals surface area contributed by atoms with Crippen molar-refractivity contribution in [3.8, 4) is 0 Å². The van der Waals surface area contributed by atoms with Crippen molar-refractivity contribution in [2.24, 2.45) is 5.41 Å². The molecular weight excluding hydrogens is 246 g/mol. The Bertz CT molecular complexity index is 263. The van der Waals surface area contributed by atoms with Crippen LogP contribution in [-0.4, -0.2) is 36.2 Å². The molecule has 0 spiro atoms. The Morgan fingerprint density at radius 3 is 2.28 bits per heavy atom. The van der Waals surface area contributed by atoms with Crippen LogP contribution in [0.5, 0.6) is 0 Å². The molecule has 0 aliphatic carbocycles. The van der Waals surface area contributed by atoms with Crippen molar-refractivity contribution in [1.29, 1.82) is 0 Å². The summed E-state index contributed by atoms with van der Waals surface area (Å²) < 4.78 is 4.99. The summed E-state index contributed by atoms with van der Waals surface area (Å²) in [6.45, 7) is 14.3. The molecule has 0 aromatic heterocycles. The molecule has 1 amide bonds. The summed E-state index contributed by atoms with van der Waals surface area (Å²) in [5.41, 5.74) is -0.0426. The molecule has 0 radical (unpaired) electrons. The van der Waals surface area contributed by atoms with Gasteiger partial charge < -0.3 is 10.1 Å². The first kappa shape index (κ1) is 17.8. The summed E-state index contributed by atoms with van der Waals surface area (Å²) >= 11 is 1.93. The topological polar surface area (TPSA) is 38.3 Å². The zero-order valence-electron chi connectivity index (χ0n) is 12.9. The van der Waals surface area contributed by atoms with Crippen LogP contribution in [0, 0.1) is 5.41 Å². The standard InChI is InChI=1S/C14H29NO2S/c1-11(2)18-14(5,6)13(3,4)10-12(16)15-8-9-17-7/h11H,8-10H2,1-7H3,(H,15,16). The lowest BCUT2D eigenvalue weighted by Crippen LogP contribution is -2.41. The van der Waals surface area contributed by atoms with Crippen LogP contribution in [0.1, 0.15) is 48.0 Å². The van der Waals surface area contributed by atoms with Gasteiger partial charge in [0.1, 0.15) is 0 Å². The Hall–Kier alpha value is -0.220. The normalized spacial score (nSPS) is 12.9. The highest BCUT2D eigenvalue weighted by Gasteiger charge is 2.39. The second-order valence-corrected chi connectivity index (χ2v) is 8.28. The first-order valence-electron chi connectivity index (χ1n) is 6.56. The van der Waals surface area contributed by atoms with Gasteiger partial charge in [-0.3, -0.25) is 4.79 Å². The Morgan fingerprint density at radius 2 is 1.83 bits per heavy atom. The molecule has 0 fully saturated rings. The molecule has 0 heterocycles. The van der Waals surface area contributed by atoms with Gasteiger partial charge in [0.2, 0.25) is 5.91 Å². The van der Waals surface area contributed by atoms with Crippen molar-refractivity contribution < 1.29 is 9.53 Å². The second-order valence-electron chi connectivity index (χ2n) is 6.08. The SMILES string of the molecule is COCCNC(=O)CC(C)(C)C(C)(C)SC(C)C. The summed E-state index contributed by atoms with van der Waals surface area (Å²) in [5, 5.41) is 3.46. The Labute approximate surface area is 116 Å². The van der Waals surface area contributed by atoms with E-state index < -0.39 is 0 Å². The molecule has 0 saturated carbocycles. The fourth-order valence-electron chi connectivity index (χ4n) is 1.72. The molecule has 1 N–H and O–H groups in total. The lowest BCUT2D eigenvalue weighted by molar-refractivity contribution is -0.123. The van der Waals surface area contributed by atoms with E-state index in [-0.39, 0.29) is 16.1 Å². The number of ether oxygens (including phenoxy) is 1. The van der Waals surface area contributed by atoms with Crippen LogP contribution in [0.2, 0.25) is 0 Å². The molecule has 0 saturated heterocycles. The van der Waals surface area contributed by atoms with Gasteiger partial charge in [-0.2, -0.15) is 11.8 Å². The zero-order valence-corrected chi connectivity index (χ0v) is 13.7. The average molecular weight is 275 g/mol. The third-order valence-electron chi connectivity index (χ3n) is 3.39. The van der Waals surface area contributed by atoms with Crippen LogP contribution >= 0.6 is 11.8 Å². The van der Waals surface area contributed by atoms with E-state index in [4.69, 9.17) is 4.74 Å². The molecule has 18 heavy (non-hydrogen) atoms. The summed E-state index contributed by atoms with van der Waals surface area (Å²) in [5.74, 6) is 0.106. The molecule has 0 atom stereocenters. The number of carbonyl (C=O) groups excluding carboxylic acids is 1. The smallest absolute Gasteiger partial charge is 0.220 e. The lowest BCUT2D eigenvalue weighted by atomic mass is 9.77. The number of nitrogens with one attached hydrogen (secondary N) is 1. The highest BCUT2D eigenvalue weighted by molar-refractivity contribution is 8.01. The average Bonchev–Trinajstić information content (AvgIpc) is 2.14. The number of thioether (sulfide) groups is 1. The van der Waals surface area contributed by atoms with Crippen LogP contribution in [0.3, 0.4) is 0 Å². The Kier molecular flexibility index (Phi) is 7.30. The van der Waals surface area contributed by atoms with Gasteiger partial charge >= 0.3 is 0 Å². The molecule has 0 aliphatic rings. The number of rotatable bonds is 8. The van der Waals surface area contributed by atoms with Crippen molar-refractivity contribution in [2.45, 2.75) is 58.0 Å². The molecule has 3 nitrogen and oxygen atoms in total. The molecular formula is C14H29NO2S. The quantitative estimate of drug-likeness (QED) is 0.692. The predicted molar refractivity (Wildman–Crippen MR) is 80.1 cm³/mol. The molecule has 108 valence electrons. The molecule has 4 heteroatoms. The van der Waals surface area contributed by atoms with Crippen molar-refractivity contribution in [3.05, 3.63) is 0 Å². The number of carbonyl (C=O) groups is 1. The van der Waals surface area contributed by atoms with E-state index in [1.807, 2.05) is 11.8 Å². The molecule has 0 aliphatic heterocycles. The first-order valence-corrected chi connectivity index (χ1v) is 7.44. The van der Waals surface area contributed by atoms with E-state index in [2.05, 4.69) is 46.9 Å². The highest BCUT2D eigenvalue weighted by Crippen LogP contribution is 2.45. The fraction of sp³-hybridized carbons (Fsp3) is 0.929. The third kappa shape index (κ3) is 6.10. The predicted octanol–water partition coefficient (Wildman–Crippen LogP) is 3.09. The van der Waals surface area contributed by atoms with Crippen LogP contribution in [0.25, 0.3) is 0 Å². The fourth-order valence-corrected chi connectivity index (χ4v) is 3.29. The number of hydrogen-bond acceptors (Lipinski definition) is 3. The molecule has 0 unspecified atom stereocenters. The first-order chi connectivity index (χ1) is 8.12. The van der Waals surface area contributed by atoms with Crippen LogP contribution in [0.15, 0.2) is 0 Å². The van der Waals surface area contributed by atoms with E-state index in [1.54, 1.807) is 7.11 Å². The van der Waals surface area contributed by atoms with E-state index >= 15 is 0 Å². The van der Waals surface area contributed by atoms with Crippen LogP contribution < -0.4 is 5.32 Å². The molecule has 0 rings (SSSR count). The van der Waals surface area contributed by atoms with Crippen LogP contribution in [-0.2, 0) is 9.53 Å². The Morgan fingerprint density at radius 1 is 1.28 bits per heavy atom. The van der Waals surface area contributed by atoms with Gasteiger partial charge in [-0.05, 0) is 10.7 Å². The van der Waals surface area contributed by atoms with Gasteiger partial charge in [0, 0.05) is 24.8 Å². The van der Waals surface area contributed by atoms with Crippen LogP contribution in [0.4, 0.5) is 0 Å². The number of hydrogen-bond donors (Lipinski definition) is 1. The van der Waals surface area contributed by atoms with Crippen molar-refractivity contribution in [1.82, 2.24) is 5.32 Å². The van der Waals surface area contributed by atoms with Gasteiger partial charge in [0.25, 0.3) is 0 Å². The molecule has 0 aromatic carbocycles. The number of methoxy groups -OCH3 is 1. The summed E-state index contributed by atoms with van der Waals surface area (Å²) in [4.78, 5) is 11.9. The third-order valence-corrected chi connectivity index (χ3v) is 5.00. The maximum absolute atomic E-state index is 11.9. The largest absolute Gasteiger partial charge is 0.383 e. The number of amides is 1. The van der Waals surface area contributed by atoms with E-state index in [1.165, 1.54) is 0 Å². The molecule has 0 aromatic rings. The monoisotopic (exact) mass is 275 g/mol. The second kappa shape index (κ2) is 7.39. The summed E-state index contributed by atoms with van der Waals surface area (Å²) in [7, 11) is 1.64. The highest BCUT2D eigenvalue weighted by atomic mass is 32.2. The lowest BCUT2D eigenvalue weighted by Gasteiger charge is -2.42. The summed E-state index contributed by atoms with van der Waals surface area (Å²) in [6, 6.07) is 0.